The van der Waals surface area contributed by atoms with Crippen LogP contribution in [-0.4, -0.2) is 13.2 Å². The maximum absolute atomic E-state index is 10.3. The van der Waals surface area contributed by atoms with Crippen molar-refractivity contribution in [2.75, 3.05) is 0 Å². The van der Waals surface area contributed by atoms with Crippen molar-refractivity contribution in [2.45, 2.75) is 25.7 Å². The highest BCUT2D eigenvalue weighted by atomic mass is 28.3. The van der Waals surface area contributed by atoms with Gasteiger partial charge in [-0.25, -0.2) is 0 Å². The molecule has 0 radical (unpaired) electrons. The lowest BCUT2D eigenvalue weighted by atomic mass is 9.87. The number of hydrogen-bond acceptors (Lipinski definition) is 1. The molecule has 1 N–H and O–H groups in total. The van der Waals surface area contributed by atoms with Crippen molar-refractivity contribution in [1.82, 2.24) is 0 Å². The molecular weight excluding hydrogens is 224 g/mol. The Hall–Kier alpha value is -1.12. The van der Waals surface area contributed by atoms with Gasteiger partial charge in [0.05, 0.1) is 14.2 Å². The molecule has 1 aromatic rings. The molecule has 0 unspecified atom stereocenters. The molecule has 0 amide bonds. The molecule has 1 aromatic carbocycles. The fourth-order valence-corrected chi connectivity index (χ4v) is 2.83. The van der Waals surface area contributed by atoms with E-state index in [-0.39, 0.29) is 5.92 Å². The Kier molecular flexibility index (Phi) is 3.36. The van der Waals surface area contributed by atoms with Gasteiger partial charge in [0.1, 0.15) is 0 Å². The highest BCUT2D eigenvalue weighted by Crippen LogP contribution is 2.32. The number of fused-ring (bicyclic) bond motifs is 1. The van der Waals surface area contributed by atoms with Crippen LogP contribution in [0.15, 0.2) is 42.1 Å². The molecule has 0 saturated carbocycles. The summed E-state index contributed by atoms with van der Waals surface area (Å²) in [7, 11) is -1.19. The van der Waals surface area contributed by atoms with Gasteiger partial charge >= 0.3 is 0 Å². The van der Waals surface area contributed by atoms with Crippen molar-refractivity contribution in [1.29, 1.82) is 0 Å². The van der Waals surface area contributed by atoms with Crippen molar-refractivity contribution < 1.29 is 5.11 Å². The van der Waals surface area contributed by atoms with Crippen LogP contribution < -0.4 is 0 Å². The van der Waals surface area contributed by atoms with Gasteiger partial charge < -0.3 is 5.11 Å². The average Bonchev–Trinajstić information content (AvgIpc) is 2.27. The third-order valence-electron chi connectivity index (χ3n) is 3.00. The molecule has 0 bridgehead atoms. The van der Waals surface area contributed by atoms with Gasteiger partial charge in [0.15, 0.2) is 0 Å². The minimum atomic E-state index is -1.19. The number of rotatable bonds is 2. The molecule has 0 aliphatic heterocycles. The monoisotopic (exact) mass is 244 g/mol. The van der Waals surface area contributed by atoms with Crippen molar-refractivity contribution in [3.8, 4) is 0 Å². The summed E-state index contributed by atoms with van der Waals surface area (Å²) >= 11 is 0. The van der Waals surface area contributed by atoms with E-state index in [0.717, 1.165) is 11.1 Å². The molecule has 0 heterocycles. The zero-order valence-corrected chi connectivity index (χ0v) is 11.7. The van der Waals surface area contributed by atoms with Crippen LogP contribution in [0.2, 0.25) is 19.6 Å². The van der Waals surface area contributed by atoms with Crippen molar-refractivity contribution in [3.63, 3.8) is 0 Å². The Morgan fingerprint density at radius 1 is 1.18 bits per heavy atom. The lowest BCUT2D eigenvalue weighted by molar-refractivity contribution is 0.149. The molecular formula is C15H20OSi. The van der Waals surface area contributed by atoms with E-state index >= 15 is 0 Å². The summed E-state index contributed by atoms with van der Waals surface area (Å²) in [4.78, 5) is 0. The molecule has 1 aliphatic carbocycles. The lowest BCUT2D eigenvalue weighted by Crippen LogP contribution is -2.18. The molecule has 1 aliphatic rings. The van der Waals surface area contributed by atoms with Gasteiger partial charge in [-0.2, -0.15) is 0 Å². The molecule has 1 nitrogen and oxygen atoms in total. The van der Waals surface area contributed by atoms with Crippen LogP contribution in [0.25, 0.3) is 6.08 Å². The Morgan fingerprint density at radius 3 is 2.59 bits per heavy atom. The van der Waals surface area contributed by atoms with Gasteiger partial charge in [0.25, 0.3) is 0 Å². The van der Waals surface area contributed by atoms with Gasteiger partial charge in [0.2, 0.25) is 0 Å². The zero-order valence-electron chi connectivity index (χ0n) is 10.7. The molecule has 90 valence electrons. The summed E-state index contributed by atoms with van der Waals surface area (Å²) in [6.45, 7) is 6.91. The van der Waals surface area contributed by atoms with Crippen LogP contribution in [0.5, 0.6) is 0 Å². The molecule has 0 spiro atoms. The number of aliphatic hydroxyl groups excluding tert-OH is 1. The summed E-state index contributed by atoms with van der Waals surface area (Å²) < 4.78 is 0. The molecule has 0 saturated heterocycles. The predicted octanol–water partition coefficient (Wildman–Crippen LogP) is 3.80. The molecule has 2 heteroatoms. The summed E-state index contributed by atoms with van der Waals surface area (Å²) in [5.74, 6) is 0.122. The second kappa shape index (κ2) is 4.63. The van der Waals surface area contributed by atoms with Crippen LogP contribution in [0, 0.1) is 5.92 Å². The van der Waals surface area contributed by atoms with Crippen molar-refractivity contribution >= 4 is 14.1 Å². The quantitative estimate of drug-likeness (QED) is 0.785. The van der Waals surface area contributed by atoms with E-state index in [2.05, 4.69) is 43.6 Å². The van der Waals surface area contributed by atoms with Crippen molar-refractivity contribution in [2.24, 2.45) is 5.92 Å². The van der Waals surface area contributed by atoms with E-state index in [1.807, 2.05) is 24.3 Å². The van der Waals surface area contributed by atoms with Crippen LogP contribution in [0.1, 0.15) is 17.2 Å². The van der Waals surface area contributed by atoms with E-state index in [1.165, 1.54) is 0 Å². The Morgan fingerprint density at radius 2 is 1.88 bits per heavy atom. The lowest BCUT2D eigenvalue weighted by Gasteiger charge is -2.24. The summed E-state index contributed by atoms with van der Waals surface area (Å²) in [6, 6.07) is 8.06. The summed E-state index contributed by atoms with van der Waals surface area (Å²) in [5, 5.41) is 10.3. The van der Waals surface area contributed by atoms with E-state index in [1.54, 1.807) is 0 Å². The molecule has 0 fully saturated rings. The summed E-state index contributed by atoms with van der Waals surface area (Å²) in [6.07, 6.45) is 5.98. The SMILES string of the molecule is C[Si](C)(C)/C=C/[C@H]1C=Cc2ccccc2[C@H]1O. The zero-order chi connectivity index (χ0) is 12.5. The second-order valence-corrected chi connectivity index (χ2v) is 10.8. The fourth-order valence-electron chi connectivity index (χ4n) is 2.03. The number of aliphatic hydroxyl groups is 1. The van der Waals surface area contributed by atoms with Gasteiger partial charge in [-0.15, -0.1) is 0 Å². The smallest absolute Gasteiger partial charge is 0.0892 e. The minimum Gasteiger partial charge on any atom is -0.387 e. The highest BCUT2D eigenvalue weighted by molar-refractivity contribution is 6.80. The molecule has 0 aromatic heterocycles. The van der Waals surface area contributed by atoms with Crippen molar-refractivity contribution in [3.05, 3.63) is 53.2 Å². The first kappa shape index (κ1) is 12.3. The van der Waals surface area contributed by atoms with Crippen LogP contribution >= 0.6 is 0 Å². The standard InChI is InChI=1S/C15H20OSi/c1-17(2,3)11-10-13-9-8-12-6-4-5-7-14(12)15(13)16/h4-11,13,15-16H,1-3H3/b11-10+/t13-,15+/m1/s1. The van der Waals surface area contributed by atoms with Gasteiger partial charge in [-0.05, 0) is 11.1 Å². The largest absolute Gasteiger partial charge is 0.387 e. The van der Waals surface area contributed by atoms with E-state index in [0.29, 0.717) is 0 Å². The Bertz CT molecular complexity index is 454. The van der Waals surface area contributed by atoms with E-state index in [9.17, 15) is 5.11 Å². The first-order valence-corrected chi connectivity index (χ1v) is 9.70. The Balaban J connectivity index is 2.24. The maximum atomic E-state index is 10.3. The second-order valence-electron chi connectivity index (χ2n) is 5.74. The summed E-state index contributed by atoms with van der Waals surface area (Å²) in [5.41, 5.74) is 4.48. The number of hydrogen-bond donors (Lipinski definition) is 1. The minimum absolute atomic E-state index is 0.122. The number of benzene rings is 1. The molecule has 17 heavy (non-hydrogen) atoms. The normalized spacial score (nSPS) is 24.0. The van der Waals surface area contributed by atoms with E-state index in [4.69, 9.17) is 0 Å². The van der Waals surface area contributed by atoms with E-state index < -0.39 is 14.2 Å². The highest BCUT2D eigenvalue weighted by Gasteiger charge is 2.22. The molecule has 2 rings (SSSR count). The Labute approximate surface area is 105 Å². The first-order chi connectivity index (χ1) is 7.97. The van der Waals surface area contributed by atoms with Gasteiger partial charge in [-0.3, -0.25) is 0 Å². The first-order valence-electron chi connectivity index (χ1n) is 6.12. The third-order valence-corrected chi connectivity index (χ3v) is 4.19. The van der Waals surface area contributed by atoms with Crippen LogP contribution in [-0.2, 0) is 0 Å². The van der Waals surface area contributed by atoms with Gasteiger partial charge in [-0.1, -0.05) is 67.8 Å². The molecule has 2 atom stereocenters. The topological polar surface area (TPSA) is 20.2 Å². The average molecular weight is 244 g/mol. The maximum Gasteiger partial charge on any atom is 0.0892 e. The van der Waals surface area contributed by atoms with Crippen LogP contribution in [0.4, 0.5) is 0 Å². The third kappa shape index (κ3) is 2.96. The van der Waals surface area contributed by atoms with Crippen LogP contribution in [0.3, 0.4) is 0 Å². The van der Waals surface area contributed by atoms with Gasteiger partial charge in [0, 0.05) is 5.92 Å². The fraction of sp³-hybridized carbons (Fsp3) is 0.333. The predicted molar refractivity (Wildman–Crippen MR) is 76.4 cm³/mol.